The molecule has 6 nitrogen and oxygen atoms in total. The number of aliphatic carboxylic acids is 1. The van der Waals surface area contributed by atoms with Gasteiger partial charge in [0, 0.05) is 25.2 Å². The van der Waals surface area contributed by atoms with Crippen LogP contribution in [0.25, 0.3) is 0 Å². The molecule has 0 aliphatic carbocycles. The summed E-state index contributed by atoms with van der Waals surface area (Å²) in [5.74, 6) is -2.30. The molecule has 0 amide bonds. The smallest absolute Gasteiger partial charge is 0.308 e. The quantitative estimate of drug-likeness (QED) is 0.633. The summed E-state index contributed by atoms with van der Waals surface area (Å²) in [6.07, 6.45) is 0. The first-order valence-electron chi connectivity index (χ1n) is 5.78. The monoisotopic (exact) mass is 270 g/mol. The third-order valence-electron chi connectivity index (χ3n) is 2.77. The van der Waals surface area contributed by atoms with E-state index in [9.17, 15) is 19.3 Å². The lowest BCUT2D eigenvalue weighted by Gasteiger charge is -2.24. The van der Waals surface area contributed by atoms with Gasteiger partial charge in [-0.2, -0.15) is 0 Å². The van der Waals surface area contributed by atoms with Crippen LogP contribution in [-0.2, 0) is 4.79 Å². The molecule has 1 atom stereocenters. The van der Waals surface area contributed by atoms with Gasteiger partial charge in [0.2, 0.25) is 0 Å². The highest BCUT2D eigenvalue weighted by molar-refractivity contribution is 5.71. The van der Waals surface area contributed by atoms with E-state index in [2.05, 4.69) is 0 Å². The molecule has 19 heavy (non-hydrogen) atoms. The summed E-state index contributed by atoms with van der Waals surface area (Å²) in [6.45, 7) is 3.65. The van der Waals surface area contributed by atoms with Crippen LogP contribution in [-0.4, -0.2) is 29.1 Å². The molecule has 7 heteroatoms. The Kier molecular flexibility index (Phi) is 4.80. The predicted molar refractivity (Wildman–Crippen MR) is 67.7 cm³/mol. The maximum atomic E-state index is 13.2. The number of rotatable bonds is 6. The highest BCUT2D eigenvalue weighted by atomic mass is 19.1. The van der Waals surface area contributed by atoms with Gasteiger partial charge in [0.25, 0.3) is 5.69 Å². The van der Waals surface area contributed by atoms with Crippen LogP contribution in [0, 0.1) is 21.8 Å². The minimum absolute atomic E-state index is 0.0795. The van der Waals surface area contributed by atoms with Gasteiger partial charge in [0.1, 0.15) is 11.5 Å². The van der Waals surface area contributed by atoms with Crippen LogP contribution >= 0.6 is 0 Å². The van der Waals surface area contributed by atoms with Crippen LogP contribution < -0.4 is 4.90 Å². The number of nitro benzene ring substituents is 1. The number of hydrogen-bond acceptors (Lipinski definition) is 4. The van der Waals surface area contributed by atoms with Crippen molar-refractivity contribution in [1.29, 1.82) is 0 Å². The predicted octanol–water partition coefficient (Wildman–Crippen LogP) is 2.28. The molecule has 0 bridgehead atoms. The Morgan fingerprint density at radius 3 is 2.68 bits per heavy atom. The van der Waals surface area contributed by atoms with Crippen molar-refractivity contribution in [3.8, 4) is 0 Å². The molecule has 104 valence electrons. The minimum atomic E-state index is -1.00. The van der Waals surface area contributed by atoms with Crippen LogP contribution in [0.4, 0.5) is 15.8 Å². The maximum absolute atomic E-state index is 13.2. The van der Waals surface area contributed by atoms with Gasteiger partial charge in [-0.15, -0.1) is 0 Å². The minimum Gasteiger partial charge on any atom is -0.481 e. The Morgan fingerprint density at radius 2 is 2.21 bits per heavy atom. The zero-order valence-electron chi connectivity index (χ0n) is 10.7. The SMILES string of the molecule is CCN(CC(C)C(=O)O)c1cc(F)ccc1[N+](=O)[O-]. The maximum Gasteiger partial charge on any atom is 0.308 e. The molecule has 1 rings (SSSR count). The highest BCUT2D eigenvalue weighted by Gasteiger charge is 2.22. The molecule has 1 N–H and O–H groups in total. The van der Waals surface area contributed by atoms with Crippen LogP contribution in [0.3, 0.4) is 0 Å². The van der Waals surface area contributed by atoms with Crippen LogP contribution in [0.1, 0.15) is 13.8 Å². The number of nitrogens with zero attached hydrogens (tertiary/aromatic N) is 2. The van der Waals surface area contributed by atoms with Crippen LogP contribution in [0.5, 0.6) is 0 Å². The largest absolute Gasteiger partial charge is 0.481 e. The van der Waals surface area contributed by atoms with Crippen molar-refractivity contribution in [2.75, 3.05) is 18.0 Å². The Bertz CT molecular complexity index is 493. The summed E-state index contributed by atoms with van der Waals surface area (Å²) in [7, 11) is 0. The average molecular weight is 270 g/mol. The highest BCUT2D eigenvalue weighted by Crippen LogP contribution is 2.29. The first kappa shape index (κ1) is 14.9. The molecule has 0 saturated carbocycles. The van der Waals surface area contributed by atoms with Gasteiger partial charge in [-0.05, 0) is 13.0 Å². The molecule has 1 aromatic rings. The number of hydrogen-bond donors (Lipinski definition) is 1. The van der Waals surface area contributed by atoms with Gasteiger partial charge in [-0.25, -0.2) is 4.39 Å². The van der Waals surface area contributed by atoms with Gasteiger partial charge in [0.15, 0.2) is 0 Å². The summed E-state index contributed by atoms with van der Waals surface area (Å²) in [5.41, 5.74) is -0.138. The standard InChI is InChI=1S/C12H15FN2O4/c1-3-14(7-8(2)12(16)17)11-6-9(13)4-5-10(11)15(18)19/h4-6,8H,3,7H2,1-2H3,(H,16,17). The van der Waals surface area contributed by atoms with E-state index in [1.54, 1.807) is 6.92 Å². The lowest BCUT2D eigenvalue weighted by Crippen LogP contribution is -2.32. The third kappa shape index (κ3) is 3.64. The number of halogens is 1. The second kappa shape index (κ2) is 6.12. The molecule has 0 aliphatic rings. The first-order valence-corrected chi connectivity index (χ1v) is 5.78. The Hall–Kier alpha value is -2.18. The molecule has 0 saturated heterocycles. The van der Waals surface area contributed by atoms with Crippen molar-refractivity contribution in [1.82, 2.24) is 0 Å². The summed E-state index contributed by atoms with van der Waals surface area (Å²) >= 11 is 0. The van der Waals surface area contributed by atoms with E-state index < -0.39 is 22.6 Å². The summed E-state index contributed by atoms with van der Waals surface area (Å²) < 4.78 is 13.2. The topological polar surface area (TPSA) is 83.7 Å². The second-order valence-electron chi connectivity index (χ2n) is 4.17. The number of carbonyl (C=O) groups is 1. The zero-order chi connectivity index (χ0) is 14.6. The van der Waals surface area contributed by atoms with Crippen LogP contribution in [0.15, 0.2) is 18.2 Å². The zero-order valence-corrected chi connectivity index (χ0v) is 10.7. The fourth-order valence-corrected chi connectivity index (χ4v) is 1.71. The van der Waals surface area contributed by atoms with Crippen molar-refractivity contribution in [3.05, 3.63) is 34.1 Å². The molecule has 0 heterocycles. The third-order valence-corrected chi connectivity index (χ3v) is 2.77. The lowest BCUT2D eigenvalue weighted by atomic mass is 10.1. The van der Waals surface area contributed by atoms with E-state index in [-0.39, 0.29) is 17.9 Å². The van der Waals surface area contributed by atoms with Crippen molar-refractivity contribution >= 4 is 17.3 Å². The number of carboxylic acid groups (broad SMARTS) is 1. The molecule has 0 radical (unpaired) electrons. The Labute approximate surface area is 109 Å². The molecular weight excluding hydrogens is 255 g/mol. The molecule has 1 unspecified atom stereocenters. The van der Waals surface area contributed by atoms with Crippen molar-refractivity contribution in [2.45, 2.75) is 13.8 Å². The summed E-state index contributed by atoms with van der Waals surface area (Å²) in [4.78, 5) is 22.6. The average Bonchev–Trinajstić information content (AvgIpc) is 2.34. The van der Waals surface area contributed by atoms with E-state index in [0.717, 1.165) is 18.2 Å². The van der Waals surface area contributed by atoms with E-state index in [1.165, 1.54) is 11.8 Å². The van der Waals surface area contributed by atoms with Gasteiger partial charge in [-0.1, -0.05) is 6.92 Å². The fourth-order valence-electron chi connectivity index (χ4n) is 1.71. The van der Waals surface area contributed by atoms with Gasteiger partial charge in [0.05, 0.1) is 10.8 Å². The van der Waals surface area contributed by atoms with Crippen molar-refractivity contribution in [3.63, 3.8) is 0 Å². The van der Waals surface area contributed by atoms with E-state index in [1.807, 2.05) is 0 Å². The lowest BCUT2D eigenvalue weighted by molar-refractivity contribution is -0.384. The fraction of sp³-hybridized carbons (Fsp3) is 0.417. The Morgan fingerprint density at radius 1 is 1.58 bits per heavy atom. The normalized spacial score (nSPS) is 11.9. The van der Waals surface area contributed by atoms with Crippen LogP contribution in [0.2, 0.25) is 0 Å². The number of benzene rings is 1. The Balaban J connectivity index is 3.13. The number of carboxylic acids is 1. The van der Waals surface area contributed by atoms with E-state index >= 15 is 0 Å². The van der Waals surface area contributed by atoms with Gasteiger partial charge < -0.3 is 10.0 Å². The summed E-state index contributed by atoms with van der Waals surface area (Å²) in [6, 6.07) is 3.14. The van der Waals surface area contributed by atoms with Crippen molar-refractivity contribution < 1.29 is 19.2 Å². The van der Waals surface area contributed by atoms with E-state index in [0.29, 0.717) is 6.54 Å². The second-order valence-corrected chi connectivity index (χ2v) is 4.17. The van der Waals surface area contributed by atoms with Crippen molar-refractivity contribution in [2.24, 2.45) is 5.92 Å². The number of nitro groups is 1. The van der Waals surface area contributed by atoms with Gasteiger partial charge >= 0.3 is 5.97 Å². The molecule has 1 aromatic carbocycles. The molecule has 0 spiro atoms. The molecule has 0 aromatic heterocycles. The molecule has 0 aliphatic heterocycles. The van der Waals surface area contributed by atoms with Gasteiger partial charge in [-0.3, -0.25) is 14.9 Å². The molecular formula is C12H15FN2O4. The summed E-state index contributed by atoms with van der Waals surface area (Å²) in [5, 5.41) is 19.8. The number of anilines is 1. The first-order chi connectivity index (χ1) is 8.86. The van der Waals surface area contributed by atoms with E-state index in [4.69, 9.17) is 5.11 Å². The molecule has 0 fully saturated rings.